The van der Waals surface area contributed by atoms with Gasteiger partial charge in [0.25, 0.3) is 0 Å². The molecule has 0 spiro atoms. The molecule has 0 saturated carbocycles. The van der Waals surface area contributed by atoms with Crippen LogP contribution in [0.1, 0.15) is 32.4 Å². The lowest BCUT2D eigenvalue weighted by atomic mass is 9.89. The highest BCUT2D eigenvalue weighted by molar-refractivity contribution is 7.17. The number of carbonyl (C=O) groups is 1. The third-order valence-electron chi connectivity index (χ3n) is 3.72. The van der Waals surface area contributed by atoms with Gasteiger partial charge in [0.2, 0.25) is 0 Å². The molecule has 0 radical (unpaired) electrons. The Labute approximate surface area is 131 Å². The highest BCUT2D eigenvalue weighted by Crippen LogP contribution is 2.41. The maximum Gasteiger partial charge on any atom is 0.160 e. The van der Waals surface area contributed by atoms with E-state index in [1.807, 2.05) is 18.2 Å². The molecule has 2 aromatic rings. The number of halogens is 2. The van der Waals surface area contributed by atoms with Crippen molar-refractivity contribution in [2.24, 2.45) is 0 Å². The SMILES string of the molecule is CN1CCc2ccc(Cl)cc2C1c1cc(C=O)sc1Cl. The normalized spacial score (nSPS) is 18.9. The minimum atomic E-state index is 0.0647. The van der Waals surface area contributed by atoms with E-state index in [1.54, 1.807) is 0 Å². The van der Waals surface area contributed by atoms with E-state index in [9.17, 15) is 4.79 Å². The van der Waals surface area contributed by atoms with Crippen LogP contribution >= 0.6 is 34.5 Å². The Balaban J connectivity index is 2.15. The second-order valence-electron chi connectivity index (χ2n) is 4.97. The van der Waals surface area contributed by atoms with Gasteiger partial charge in [0.1, 0.15) is 0 Å². The number of carbonyl (C=O) groups excluding carboxylic acids is 1. The van der Waals surface area contributed by atoms with Crippen molar-refractivity contribution in [3.8, 4) is 0 Å². The molecule has 1 atom stereocenters. The summed E-state index contributed by atoms with van der Waals surface area (Å²) in [6.45, 7) is 0.960. The first-order valence-electron chi connectivity index (χ1n) is 6.33. The highest BCUT2D eigenvalue weighted by Gasteiger charge is 2.29. The summed E-state index contributed by atoms with van der Waals surface area (Å²) in [6, 6.07) is 7.96. The van der Waals surface area contributed by atoms with Crippen LogP contribution in [0.3, 0.4) is 0 Å². The molecule has 1 aromatic carbocycles. The molecule has 5 heteroatoms. The zero-order valence-electron chi connectivity index (χ0n) is 10.9. The molecule has 20 heavy (non-hydrogen) atoms. The van der Waals surface area contributed by atoms with Crippen LogP contribution in [-0.4, -0.2) is 24.8 Å². The second kappa shape index (κ2) is 5.49. The van der Waals surface area contributed by atoms with Crippen molar-refractivity contribution in [3.05, 3.63) is 55.2 Å². The molecular formula is C15H13Cl2NOS. The van der Waals surface area contributed by atoms with Gasteiger partial charge in [-0.25, -0.2) is 0 Å². The lowest BCUT2D eigenvalue weighted by Gasteiger charge is -2.34. The molecule has 2 heterocycles. The van der Waals surface area contributed by atoms with Crippen LogP contribution in [0.5, 0.6) is 0 Å². The molecular weight excluding hydrogens is 313 g/mol. The molecule has 2 nitrogen and oxygen atoms in total. The van der Waals surface area contributed by atoms with Gasteiger partial charge in [-0.1, -0.05) is 29.3 Å². The van der Waals surface area contributed by atoms with Crippen LogP contribution < -0.4 is 0 Å². The van der Waals surface area contributed by atoms with E-state index in [2.05, 4.69) is 18.0 Å². The van der Waals surface area contributed by atoms with Crippen molar-refractivity contribution in [3.63, 3.8) is 0 Å². The van der Waals surface area contributed by atoms with Gasteiger partial charge >= 0.3 is 0 Å². The van der Waals surface area contributed by atoms with Crippen LogP contribution in [0, 0.1) is 0 Å². The minimum absolute atomic E-state index is 0.0647. The monoisotopic (exact) mass is 325 g/mol. The van der Waals surface area contributed by atoms with Crippen LogP contribution in [0.4, 0.5) is 0 Å². The van der Waals surface area contributed by atoms with E-state index in [0.717, 1.165) is 29.8 Å². The zero-order chi connectivity index (χ0) is 14.3. The summed E-state index contributed by atoms with van der Waals surface area (Å²) in [5.74, 6) is 0. The molecule has 1 aliphatic heterocycles. The molecule has 0 aliphatic carbocycles. The van der Waals surface area contributed by atoms with Crippen LogP contribution in [0.2, 0.25) is 9.36 Å². The highest BCUT2D eigenvalue weighted by atomic mass is 35.5. The molecule has 0 bridgehead atoms. The van der Waals surface area contributed by atoms with Crippen molar-refractivity contribution >= 4 is 40.8 Å². The average molecular weight is 326 g/mol. The van der Waals surface area contributed by atoms with Gasteiger partial charge in [-0.15, -0.1) is 11.3 Å². The Kier molecular flexibility index (Phi) is 3.87. The third kappa shape index (κ3) is 2.40. The van der Waals surface area contributed by atoms with E-state index in [1.165, 1.54) is 22.5 Å². The fourth-order valence-corrected chi connectivity index (χ4v) is 4.10. The van der Waals surface area contributed by atoms with Crippen LogP contribution in [0.25, 0.3) is 0 Å². The van der Waals surface area contributed by atoms with Gasteiger partial charge in [0, 0.05) is 17.1 Å². The average Bonchev–Trinajstić information content (AvgIpc) is 2.79. The van der Waals surface area contributed by atoms with Crippen molar-refractivity contribution < 1.29 is 4.79 Å². The summed E-state index contributed by atoms with van der Waals surface area (Å²) in [4.78, 5) is 13.9. The Morgan fingerprint density at radius 2 is 2.10 bits per heavy atom. The van der Waals surface area contributed by atoms with Gasteiger partial charge < -0.3 is 0 Å². The summed E-state index contributed by atoms with van der Waals surface area (Å²) in [5.41, 5.74) is 3.47. The number of likely N-dealkylation sites (N-methyl/N-ethyl adjacent to an activating group) is 1. The van der Waals surface area contributed by atoms with Crippen molar-refractivity contribution in [1.29, 1.82) is 0 Å². The van der Waals surface area contributed by atoms with E-state index in [0.29, 0.717) is 9.21 Å². The van der Waals surface area contributed by atoms with Crippen molar-refractivity contribution in [1.82, 2.24) is 4.90 Å². The number of benzene rings is 1. The second-order valence-corrected chi connectivity index (χ2v) is 7.09. The summed E-state index contributed by atoms with van der Waals surface area (Å²) >= 11 is 13.8. The summed E-state index contributed by atoms with van der Waals surface area (Å²) < 4.78 is 0.678. The Morgan fingerprint density at radius 1 is 1.30 bits per heavy atom. The zero-order valence-corrected chi connectivity index (χ0v) is 13.2. The topological polar surface area (TPSA) is 20.3 Å². The van der Waals surface area contributed by atoms with E-state index in [4.69, 9.17) is 23.2 Å². The van der Waals surface area contributed by atoms with E-state index < -0.39 is 0 Å². The van der Waals surface area contributed by atoms with Gasteiger partial charge in [-0.3, -0.25) is 9.69 Å². The molecule has 1 unspecified atom stereocenters. The number of hydrogen-bond acceptors (Lipinski definition) is 3. The molecule has 0 saturated heterocycles. The van der Waals surface area contributed by atoms with E-state index in [-0.39, 0.29) is 6.04 Å². The van der Waals surface area contributed by atoms with Gasteiger partial charge in [0.15, 0.2) is 6.29 Å². The van der Waals surface area contributed by atoms with Gasteiger partial charge in [-0.05, 0) is 42.8 Å². The largest absolute Gasteiger partial charge is 0.297 e. The first kappa shape index (κ1) is 14.1. The van der Waals surface area contributed by atoms with Gasteiger partial charge in [-0.2, -0.15) is 0 Å². The fraction of sp³-hybridized carbons (Fsp3) is 0.267. The smallest absolute Gasteiger partial charge is 0.160 e. The molecule has 0 amide bonds. The number of rotatable bonds is 2. The molecule has 0 fully saturated rings. The van der Waals surface area contributed by atoms with Crippen LogP contribution in [0.15, 0.2) is 24.3 Å². The molecule has 0 N–H and O–H groups in total. The Morgan fingerprint density at radius 3 is 2.80 bits per heavy atom. The molecule has 3 rings (SSSR count). The van der Waals surface area contributed by atoms with Gasteiger partial charge in [0.05, 0.1) is 15.3 Å². The standard InChI is InChI=1S/C15H13Cl2NOS/c1-18-5-4-9-2-3-10(16)6-12(9)14(18)13-7-11(8-19)20-15(13)17/h2-3,6-8,14H,4-5H2,1H3. The minimum Gasteiger partial charge on any atom is -0.297 e. The third-order valence-corrected chi connectivity index (χ3v) is 5.27. The lowest BCUT2D eigenvalue weighted by molar-refractivity contribution is 0.112. The maximum atomic E-state index is 11.0. The Bertz CT molecular complexity index is 668. The quantitative estimate of drug-likeness (QED) is 0.760. The number of fused-ring (bicyclic) bond motifs is 1. The first-order chi connectivity index (χ1) is 9.60. The summed E-state index contributed by atoms with van der Waals surface area (Å²) in [6.07, 6.45) is 1.85. The number of thiophene rings is 1. The summed E-state index contributed by atoms with van der Waals surface area (Å²) in [5, 5.41) is 0.728. The Hall–Kier alpha value is -0.870. The first-order valence-corrected chi connectivity index (χ1v) is 7.90. The van der Waals surface area contributed by atoms with Crippen LogP contribution in [-0.2, 0) is 6.42 Å². The maximum absolute atomic E-state index is 11.0. The summed E-state index contributed by atoms with van der Waals surface area (Å²) in [7, 11) is 2.07. The molecule has 1 aliphatic rings. The number of aldehydes is 1. The fourth-order valence-electron chi connectivity index (χ4n) is 2.76. The number of nitrogens with zero attached hydrogens (tertiary/aromatic N) is 1. The molecule has 1 aromatic heterocycles. The lowest BCUT2D eigenvalue weighted by Crippen LogP contribution is -2.32. The predicted molar refractivity (Wildman–Crippen MR) is 84.3 cm³/mol. The number of hydrogen-bond donors (Lipinski definition) is 0. The van der Waals surface area contributed by atoms with E-state index >= 15 is 0 Å². The molecule has 104 valence electrons. The van der Waals surface area contributed by atoms with Crippen molar-refractivity contribution in [2.45, 2.75) is 12.5 Å². The van der Waals surface area contributed by atoms with Crippen molar-refractivity contribution in [2.75, 3.05) is 13.6 Å². The predicted octanol–water partition coefficient (Wildman–Crippen LogP) is 4.44.